The minimum absolute atomic E-state index is 0.120. The Bertz CT molecular complexity index is 354. The molecule has 0 spiro atoms. The Balaban J connectivity index is 2.71. The van der Waals surface area contributed by atoms with E-state index < -0.39 is 0 Å². The van der Waals surface area contributed by atoms with E-state index in [0.717, 1.165) is 24.3 Å². The van der Waals surface area contributed by atoms with Crippen LogP contribution in [0.4, 0.5) is 5.69 Å². The molecule has 0 saturated carbocycles. The van der Waals surface area contributed by atoms with Crippen LogP contribution in [0.15, 0.2) is 24.3 Å². The SMILES string of the molecule is CCCCCC(C)(CO)Nc1ccccc1OC. The summed E-state index contributed by atoms with van der Waals surface area (Å²) in [6.45, 7) is 4.35. The second kappa shape index (κ2) is 7.27. The number of rotatable bonds is 8. The number of aliphatic hydroxyl groups excluding tert-OH is 1. The molecule has 1 unspecified atom stereocenters. The molecule has 0 saturated heterocycles. The maximum Gasteiger partial charge on any atom is 0.141 e. The molecule has 3 heteroatoms. The number of hydrogen-bond acceptors (Lipinski definition) is 3. The molecule has 1 atom stereocenters. The zero-order valence-corrected chi connectivity index (χ0v) is 11.7. The summed E-state index contributed by atoms with van der Waals surface area (Å²) in [6, 6.07) is 7.81. The number of hydrogen-bond donors (Lipinski definition) is 2. The van der Waals surface area contributed by atoms with Crippen molar-refractivity contribution in [2.45, 2.75) is 45.1 Å². The van der Waals surface area contributed by atoms with Crippen molar-refractivity contribution in [3.63, 3.8) is 0 Å². The molecule has 0 aliphatic rings. The monoisotopic (exact) mass is 251 g/mol. The molecular weight excluding hydrogens is 226 g/mol. The van der Waals surface area contributed by atoms with E-state index in [0.29, 0.717) is 0 Å². The summed E-state index contributed by atoms with van der Waals surface area (Å²) in [5.41, 5.74) is 0.650. The lowest BCUT2D eigenvalue weighted by Gasteiger charge is -2.30. The molecule has 2 N–H and O–H groups in total. The van der Waals surface area contributed by atoms with Crippen molar-refractivity contribution in [3.05, 3.63) is 24.3 Å². The standard InChI is InChI=1S/C15H25NO2/c1-4-5-8-11-15(2,12-17)16-13-9-6-7-10-14(13)18-3/h6-7,9-10,16-17H,4-5,8,11-12H2,1-3H3. The molecule has 18 heavy (non-hydrogen) atoms. The van der Waals surface area contributed by atoms with Gasteiger partial charge in [-0.3, -0.25) is 0 Å². The van der Waals surface area contributed by atoms with E-state index in [1.165, 1.54) is 12.8 Å². The van der Waals surface area contributed by atoms with Crippen LogP contribution < -0.4 is 10.1 Å². The first kappa shape index (κ1) is 14.8. The van der Waals surface area contributed by atoms with Crippen LogP contribution in [0.3, 0.4) is 0 Å². The molecule has 0 bridgehead atoms. The molecule has 1 rings (SSSR count). The largest absolute Gasteiger partial charge is 0.495 e. The third kappa shape index (κ3) is 4.22. The van der Waals surface area contributed by atoms with Crippen molar-refractivity contribution in [1.29, 1.82) is 0 Å². The van der Waals surface area contributed by atoms with Crippen molar-refractivity contribution in [2.75, 3.05) is 19.0 Å². The predicted octanol–water partition coefficient (Wildman–Crippen LogP) is 3.44. The number of aliphatic hydroxyl groups is 1. The summed E-state index contributed by atoms with van der Waals surface area (Å²) in [4.78, 5) is 0. The molecule has 3 nitrogen and oxygen atoms in total. The first-order valence-corrected chi connectivity index (χ1v) is 6.67. The summed E-state index contributed by atoms with van der Waals surface area (Å²) in [5.74, 6) is 0.813. The van der Waals surface area contributed by atoms with Crippen LogP contribution in [-0.2, 0) is 0 Å². The number of nitrogens with one attached hydrogen (secondary N) is 1. The van der Waals surface area contributed by atoms with Crippen LogP contribution in [0.25, 0.3) is 0 Å². The fourth-order valence-corrected chi connectivity index (χ4v) is 2.02. The highest BCUT2D eigenvalue weighted by Crippen LogP contribution is 2.28. The predicted molar refractivity (Wildman–Crippen MR) is 76.2 cm³/mol. The second-order valence-corrected chi connectivity index (χ2v) is 5.00. The molecule has 0 radical (unpaired) electrons. The number of ether oxygens (including phenoxy) is 1. The fourth-order valence-electron chi connectivity index (χ4n) is 2.02. The van der Waals surface area contributed by atoms with Crippen LogP contribution in [0, 0.1) is 0 Å². The van der Waals surface area contributed by atoms with Crippen molar-refractivity contribution in [2.24, 2.45) is 0 Å². The van der Waals surface area contributed by atoms with Gasteiger partial charge in [0.2, 0.25) is 0 Å². The molecule has 0 fully saturated rings. The Morgan fingerprint density at radius 3 is 2.61 bits per heavy atom. The van der Waals surface area contributed by atoms with Gasteiger partial charge in [0.1, 0.15) is 5.75 Å². The molecule has 0 amide bonds. The Hall–Kier alpha value is -1.22. The molecule has 1 aromatic carbocycles. The van der Waals surface area contributed by atoms with Gasteiger partial charge in [-0.25, -0.2) is 0 Å². The van der Waals surface area contributed by atoms with Crippen LogP contribution in [0.2, 0.25) is 0 Å². The van der Waals surface area contributed by atoms with Crippen molar-refractivity contribution in [3.8, 4) is 5.75 Å². The molecule has 102 valence electrons. The topological polar surface area (TPSA) is 41.5 Å². The summed E-state index contributed by atoms with van der Waals surface area (Å²) in [5, 5.41) is 13.0. The Morgan fingerprint density at radius 2 is 2.00 bits per heavy atom. The summed E-state index contributed by atoms with van der Waals surface area (Å²) in [6.07, 6.45) is 4.46. The van der Waals surface area contributed by atoms with E-state index in [-0.39, 0.29) is 12.1 Å². The van der Waals surface area contributed by atoms with Crippen LogP contribution in [0.1, 0.15) is 39.5 Å². The quantitative estimate of drug-likeness (QED) is 0.695. The van der Waals surface area contributed by atoms with E-state index >= 15 is 0 Å². The maximum absolute atomic E-state index is 9.61. The van der Waals surface area contributed by atoms with Gasteiger partial charge in [0.15, 0.2) is 0 Å². The highest BCUT2D eigenvalue weighted by atomic mass is 16.5. The van der Waals surface area contributed by atoms with E-state index in [1.54, 1.807) is 7.11 Å². The van der Waals surface area contributed by atoms with Gasteiger partial charge < -0.3 is 15.2 Å². The maximum atomic E-state index is 9.61. The zero-order chi connectivity index (χ0) is 13.4. The van der Waals surface area contributed by atoms with Gasteiger partial charge >= 0.3 is 0 Å². The van der Waals surface area contributed by atoms with E-state index in [2.05, 4.69) is 19.2 Å². The lowest BCUT2D eigenvalue weighted by Crippen LogP contribution is -2.38. The smallest absolute Gasteiger partial charge is 0.141 e. The van der Waals surface area contributed by atoms with Gasteiger partial charge in [-0.1, -0.05) is 38.3 Å². The van der Waals surface area contributed by atoms with E-state index in [1.807, 2.05) is 24.3 Å². The summed E-state index contributed by atoms with van der Waals surface area (Å²) >= 11 is 0. The highest BCUT2D eigenvalue weighted by Gasteiger charge is 2.23. The minimum atomic E-state index is -0.288. The molecule has 0 aliphatic heterocycles. The highest BCUT2D eigenvalue weighted by molar-refractivity contribution is 5.57. The lowest BCUT2D eigenvalue weighted by atomic mass is 9.94. The molecular formula is C15H25NO2. The first-order chi connectivity index (χ1) is 8.65. The minimum Gasteiger partial charge on any atom is -0.495 e. The zero-order valence-electron chi connectivity index (χ0n) is 11.7. The average molecular weight is 251 g/mol. The number of para-hydroxylation sites is 2. The van der Waals surface area contributed by atoms with Gasteiger partial charge in [-0.15, -0.1) is 0 Å². The van der Waals surface area contributed by atoms with Crippen molar-refractivity contribution in [1.82, 2.24) is 0 Å². The van der Waals surface area contributed by atoms with Crippen LogP contribution in [-0.4, -0.2) is 24.4 Å². The molecule has 0 aliphatic carbocycles. The third-order valence-electron chi connectivity index (χ3n) is 3.22. The fraction of sp³-hybridized carbons (Fsp3) is 0.600. The molecule has 0 aromatic heterocycles. The van der Waals surface area contributed by atoms with Gasteiger partial charge in [-0.2, -0.15) is 0 Å². The van der Waals surface area contributed by atoms with Gasteiger partial charge in [-0.05, 0) is 25.5 Å². The number of unbranched alkanes of at least 4 members (excludes halogenated alkanes) is 2. The molecule has 1 aromatic rings. The number of benzene rings is 1. The number of methoxy groups -OCH3 is 1. The lowest BCUT2D eigenvalue weighted by molar-refractivity contribution is 0.211. The Labute approximate surface area is 110 Å². The van der Waals surface area contributed by atoms with Gasteiger partial charge in [0.25, 0.3) is 0 Å². The summed E-state index contributed by atoms with van der Waals surface area (Å²) < 4.78 is 5.32. The Morgan fingerprint density at radius 1 is 1.28 bits per heavy atom. The normalized spacial score (nSPS) is 14.0. The van der Waals surface area contributed by atoms with Gasteiger partial charge in [0, 0.05) is 0 Å². The van der Waals surface area contributed by atoms with Crippen LogP contribution in [0.5, 0.6) is 5.75 Å². The van der Waals surface area contributed by atoms with Crippen molar-refractivity contribution >= 4 is 5.69 Å². The Kier molecular flexibility index (Phi) is 5.99. The number of anilines is 1. The van der Waals surface area contributed by atoms with E-state index in [9.17, 15) is 5.11 Å². The van der Waals surface area contributed by atoms with E-state index in [4.69, 9.17) is 4.74 Å². The second-order valence-electron chi connectivity index (χ2n) is 5.00. The first-order valence-electron chi connectivity index (χ1n) is 6.67. The van der Waals surface area contributed by atoms with Crippen molar-refractivity contribution < 1.29 is 9.84 Å². The van der Waals surface area contributed by atoms with Gasteiger partial charge in [0.05, 0.1) is 24.9 Å². The van der Waals surface area contributed by atoms with Crippen LogP contribution >= 0.6 is 0 Å². The third-order valence-corrected chi connectivity index (χ3v) is 3.22. The summed E-state index contributed by atoms with van der Waals surface area (Å²) in [7, 11) is 1.66. The molecule has 0 heterocycles. The average Bonchev–Trinajstić information content (AvgIpc) is 2.40.